The summed E-state index contributed by atoms with van der Waals surface area (Å²) in [5, 5.41) is 24.4. The first-order valence-corrected chi connectivity index (χ1v) is 10.7. The highest BCUT2D eigenvalue weighted by molar-refractivity contribution is 8.14. The Kier molecular flexibility index (Phi) is 5.81. The number of anilines is 1. The summed E-state index contributed by atoms with van der Waals surface area (Å²) in [6.45, 7) is 5.93. The van der Waals surface area contributed by atoms with Gasteiger partial charge in [0, 0.05) is 34.7 Å². The number of carbonyl (C=O) groups excluding carboxylic acids is 1. The van der Waals surface area contributed by atoms with Crippen molar-refractivity contribution >= 4 is 34.2 Å². The first-order valence-electron chi connectivity index (χ1n) is 9.71. The van der Waals surface area contributed by atoms with Crippen molar-refractivity contribution in [1.29, 1.82) is 0 Å². The summed E-state index contributed by atoms with van der Waals surface area (Å²) >= 11 is 1.35. The number of benzene rings is 2. The van der Waals surface area contributed by atoms with Crippen molar-refractivity contribution < 1.29 is 14.5 Å². The Morgan fingerprint density at radius 1 is 1.32 bits per heavy atom. The average Bonchev–Trinajstić information content (AvgIpc) is 2.77. The molecular formula is C21H21N5O4S. The molecule has 160 valence electrons. The lowest BCUT2D eigenvalue weighted by Gasteiger charge is -2.43. The van der Waals surface area contributed by atoms with Crippen LogP contribution < -0.4 is 15.4 Å². The van der Waals surface area contributed by atoms with E-state index < -0.39 is 17.1 Å². The van der Waals surface area contributed by atoms with Gasteiger partial charge in [-0.3, -0.25) is 19.9 Å². The highest BCUT2D eigenvalue weighted by atomic mass is 32.2. The molecule has 2 aliphatic heterocycles. The van der Waals surface area contributed by atoms with Gasteiger partial charge in [-0.05, 0) is 19.1 Å². The van der Waals surface area contributed by atoms with E-state index in [2.05, 4.69) is 22.3 Å². The van der Waals surface area contributed by atoms with Gasteiger partial charge < -0.3 is 15.4 Å². The Morgan fingerprint density at radius 2 is 2.13 bits per heavy atom. The molecule has 9 nitrogen and oxygen atoms in total. The highest BCUT2D eigenvalue weighted by Gasteiger charge is 2.43. The zero-order valence-electron chi connectivity index (χ0n) is 16.8. The number of para-hydroxylation sites is 1. The van der Waals surface area contributed by atoms with E-state index in [1.165, 1.54) is 23.9 Å². The number of nitro groups is 1. The predicted octanol–water partition coefficient (Wildman–Crippen LogP) is 3.78. The minimum atomic E-state index is -0.690. The van der Waals surface area contributed by atoms with Crippen molar-refractivity contribution in [2.75, 3.05) is 17.7 Å². The summed E-state index contributed by atoms with van der Waals surface area (Å²) in [5.41, 5.74) is 2.00. The first kappa shape index (κ1) is 20.7. The number of carbonyl (C=O) groups is 1. The molecule has 2 heterocycles. The summed E-state index contributed by atoms with van der Waals surface area (Å²) in [6, 6.07) is 11.2. The van der Waals surface area contributed by atoms with Crippen LogP contribution in [0, 0.1) is 10.1 Å². The van der Waals surface area contributed by atoms with Crippen LogP contribution in [-0.2, 0) is 4.79 Å². The molecule has 10 heteroatoms. The summed E-state index contributed by atoms with van der Waals surface area (Å²) < 4.78 is 5.75. The molecule has 2 atom stereocenters. The SMILES string of the molecule is C=CCSC1=NN2[C@@H](c3cc([N+](=O)[O-])ccc3OCC)Nc3ccccc3[C@@H]2C(=O)N1. The molecule has 0 aromatic heterocycles. The van der Waals surface area contributed by atoms with Gasteiger partial charge in [0.25, 0.3) is 11.6 Å². The van der Waals surface area contributed by atoms with E-state index in [1.54, 1.807) is 17.2 Å². The van der Waals surface area contributed by atoms with Crippen LogP contribution in [-0.4, -0.2) is 33.4 Å². The minimum Gasteiger partial charge on any atom is -0.493 e. The number of thioether (sulfide) groups is 1. The third kappa shape index (κ3) is 3.93. The molecular weight excluding hydrogens is 418 g/mol. The predicted molar refractivity (Wildman–Crippen MR) is 120 cm³/mol. The molecule has 4 rings (SSSR count). The molecule has 0 unspecified atom stereocenters. The van der Waals surface area contributed by atoms with Crippen LogP contribution in [0.5, 0.6) is 5.75 Å². The number of hydrazone groups is 1. The van der Waals surface area contributed by atoms with Gasteiger partial charge in [-0.25, -0.2) is 0 Å². The Hall–Kier alpha value is -3.53. The van der Waals surface area contributed by atoms with Crippen LogP contribution in [0.3, 0.4) is 0 Å². The van der Waals surface area contributed by atoms with E-state index in [0.717, 1.165) is 11.3 Å². The second kappa shape index (κ2) is 8.68. The lowest BCUT2D eigenvalue weighted by atomic mass is 9.96. The maximum Gasteiger partial charge on any atom is 0.270 e. The fraction of sp³-hybridized carbons (Fsp3) is 0.238. The molecule has 2 aromatic rings. The first-order chi connectivity index (χ1) is 15.0. The van der Waals surface area contributed by atoms with Crippen LogP contribution in [0.1, 0.15) is 30.3 Å². The van der Waals surface area contributed by atoms with Gasteiger partial charge in [0.2, 0.25) is 0 Å². The number of nitro benzene ring substituents is 1. The monoisotopic (exact) mass is 439 g/mol. The number of nitrogens with one attached hydrogen (secondary N) is 2. The number of hydrogen-bond acceptors (Lipinski definition) is 8. The second-order valence-corrected chi connectivity index (χ2v) is 7.83. The van der Waals surface area contributed by atoms with E-state index >= 15 is 0 Å². The fourth-order valence-corrected chi connectivity index (χ4v) is 4.23. The van der Waals surface area contributed by atoms with Crippen LogP contribution in [0.2, 0.25) is 0 Å². The highest BCUT2D eigenvalue weighted by Crippen LogP contribution is 2.45. The van der Waals surface area contributed by atoms with E-state index in [0.29, 0.717) is 28.8 Å². The maximum atomic E-state index is 13.1. The minimum absolute atomic E-state index is 0.0673. The molecule has 2 aliphatic rings. The van der Waals surface area contributed by atoms with Gasteiger partial charge in [0.15, 0.2) is 11.2 Å². The molecule has 0 saturated carbocycles. The van der Waals surface area contributed by atoms with E-state index in [-0.39, 0.29) is 11.6 Å². The quantitative estimate of drug-likeness (QED) is 0.400. The van der Waals surface area contributed by atoms with Crippen molar-refractivity contribution in [1.82, 2.24) is 10.3 Å². The van der Waals surface area contributed by atoms with Crippen molar-refractivity contribution in [3.8, 4) is 5.75 Å². The summed E-state index contributed by atoms with van der Waals surface area (Å²) in [4.78, 5) is 24.1. The third-order valence-electron chi connectivity index (χ3n) is 4.90. The fourth-order valence-electron chi connectivity index (χ4n) is 3.63. The van der Waals surface area contributed by atoms with Gasteiger partial charge in [-0.1, -0.05) is 36.0 Å². The molecule has 31 heavy (non-hydrogen) atoms. The number of amidine groups is 1. The van der Waals surface area contributed by atoms with E-state index in [9.17, 15) is 14.9 Å². The van der Waals surface area contributed by atoms with Crippen molar-refractivity contribution in [2.24, 2.45) is 5.10 Å². The zero-order chi connectivity index (χ0) is 22.0. The molecule has 2 N–H and O–H groups in total. The number of hydrogen-bond donors (Lipinski definition) is 2. The summed E-state index contributed by atoms with van der Waals surface area (Å²) in [7, 11) is 0. The molecule has 1 amide bonds. The lowest BCUT2D eigenvalue weighted by molar-refractivity contribution is -0.385. The van der Waals surface area contributed by atoms with Crippen LogP contribution in [0.25, 0.3) is 0 Å². The molecule has 0 spiro atoms. The van der Waals surface area contributed by atoms with Crippen LogP contribution in [0.15, 0.2) is 60.2 Å². The molecule has 0 fully saturated rings. The van der Waals surface area contributed by atoms with Gasteiger partial charge in [-0.2, -0.15) is 0 Å². The van der Waals surface area contributed by atoms with E-state index in [1.807, 2.05) is 31.2 Å². The van der Waals surface area contributed by atoms with Gasteiger partial charge in [0.1, 0.15) is 11.9 Å². The number of non-ortho nitro benzene ring substituents is 1. The Balaban J connectivity index is 1.87. The third-order valence-corrected chi connectivity index (χ3v) is 5.76. The Morgan fingerprint density at radius 3 is 2.87 bits per heavy atom. The standard InChI is InChI=1S/C21H21N5O4S/c1-3-11-31-21-23-20(27)18-14-7-5-6-8-16(14)22-19(25(18)24-21)15-12-13(26(28)29)9-10-17(15)30-4-2/h3,5-10,12,18-19,22H,1,4,11H2,2H3,(H,23,24,27)/t18-,19+/m1/s1. The number of amides is 1. The average molecular weight is 439 g/mol. The number of nitrogens with zero attached hydrogens (tertiary/aromatic N) is 3. The zero-order valence-corrected chi connectivity index (χ0v) is 17.6. The van der Waals surface area contributed by atoms with Crippen LogP contribution in [0.4, 0.5) is 11.4 Å². The van der Waals surface area contributed by atoms with Gasteiger partial charge >= 0.3 is 0 Å². The normalized spacial score (nSPS) is 19.3. The molecule has 0 saturated heterocycles. The van der Waals surface area contributed by atoms with E-state index in [4.69, 9.17) is 4.74 Å². The molecule has 0 aliphatic carbocycles. The number of ether oxygens (including phenoxy) is 1. The Labute approximate surface area is 183 Å². The number of rotatable bonds is 6. The largest absolute Gasteiger partial charge is 0.493 e. The molecule has 0 radical (unpaired) electrons. The van der Waals surface area contributed by atoms with Gasteiger partial charge in [-0.15, -0.1) is 11.7 Å². The second-order valence-electron chi connectivity index (χ2n) is 6.82. The molecule has 2 aromatic carbocycles. The summed E-state index contributed by atoms with van der Waals surface area (Å²) in [5.74, 6) is 0.849. The van der Waals surface area contributed by atoms with Crippen LogP contribution >= 0.6 is 11.8 Å². The van der Waals surface area contributed by atoms with Gasteiger partial charge in [0.05, 0.1) is 11.5 Å². The molecule has 0 bridgehead atoms. The van der Waals surface area contributed by atoms with Crippen molar-refractivity contribution in [2.45, 2.75) is 19.1 Å². The number of fused-ring (bicyclic) bond motifs is 3. The Bertz CT molecular complexity index is 1070. The van der Waals surface area contributed by atoms with Crippen molar-refractivity contribution in [3.63, 3.8) is 0 Å². The van der Waals surface area contributed by atoms with Crippen molar-refractivity contribution in [3.05, 3.63) is 76.4 Å². The maximum absolute atomic E-state index is 13.1. The lowest BCUT2D eigenvalue weighted by Crippen LogP contribution is -2.51. The summed E-state index contributed by atoms with van der Waals surface area (Å²) in [6.07, 6.45) is 1.08. The topological polar surface area (TPSA) is 109 Å². The smallest absolute Gasteiger partial charge is 0.270 e.